The van der Waals surface area contributed by atoms with Gasteiger partial charge in [-0.25, -0.2) is 13.1 Å². The number of sulfonamides is 1. The Balaban J connectivity index is 4.40. The van der Waals surface area contributed by atoms with E-state index in [0.717, 1.165) is 32.1 Å². The Morgan fingerprint density at radius 3 is 1.75 bits per heavy atom. The van der Waals surface area contributed by atoms with Crippen molar-refractivity contribution in [1.82, 2.24) is 4.72 Å². The Labute approximate surface area is 140 Å². The molecule has 0 saturated carbocycles. The van der Waals surface area contributed by atoms with Crippen LogP contribution >= 0.6 is 11.8 Å². The van der Waals surface area contributed by atoms with Crippen molar-refractivity contribution >= 4 is 21.8 Å². The van der Waals surface area contributed by atoms with Crippen LogP contribution in [0.3, 0.4) is 0 Å². The maximum absolute atomic E-state index is 13.3. The largest absolute Gasteiger partial charge is 0.464 e. The van der Waals surface area contributed by atoms with E-state index >= 15 is 0 Å². The Kier molecular flexibility index (Phi) is 9.37. The third-order valence-corrected chi connectivity index (χ3v) is 5.81. The van der Waals surface area contributed by atoms with Crippen LogP contribution in [-0.2, 0) is 10.0 Å². The van der Waals surface area contributed by atoms with E-state index in [2.05, 4.69) is 0 Å². The van der Waals surface area contributed by atoms with Crippen molar-refractivity contribution in [3.63, 3.8) is 0 Å². The number of unbranched alkanes of at least 4 members (excludes halogenated alkanes) is 6. The molecule has 0 aromatic carbocycles. The standard InChI is InChI=1S/C12H20F7NO2S2/c1-2-3-4-5-6-7-8-9-20-24(21,22)12(18,19)23-11(16,17)10(13,14)15/h20H,2-9H2,1H3. The maximum atomic E-state index is 13.3. The lowest BCUT2D eigenvalue weighted by atomic mass is 10.1. The molecule has 0 aromatic rings. The monoisotopic (exact) mass is 407 g/mol. The Bertz CT molecular complexity index is 467. The van der Waals surface area contributed by atoms with E-state index in [1.54, 1.807) is 0 Å². The van der Waals surface area contributed by atoms with Gasteiger partial charge < -0.3 is 0 Å². The highest BCUT2D eigenvalue weighted by Crippen LogP contribution is 2.52. The second-order valence-electron chi connectivity index (χ2n) is 5.10. The van der Waals surface area contributed by atoms with E-state index in [4.69, 9.17) is 0 Å². The third kappa shape index (κ3) is 7.77. The zero-order valence-electron chi connectivity index (χ0n) is 12.9. The highest BCUT2D eigenvalue weighted by Gasteiger charge is 2.66. The van der Waals surface area contributed by atoms with Gasteiger partial charge in [0.2, 0.25) is 0 Å². The fraction of sp³-hybridized carbons (Fsp3) is 1.00. The van der Waals surface area contributed by atoms with Gasteiger partial charge in [-0.15, -0.1) is 0 Å². The molecule has 0 radical (unpaired) electrons. The first-order valence-corrected chi connectivity index (χ1v) is 9.58. The summed E-state index contributed by atoms with van der Waals surface area (Å²) < 4.78 is 106. The predicted molar refractivity (Wildman–Crippen MR) is 78.5 cm³/mol. The minimum absolute atomic E-state index is 0.182. The molecule has 3 nitrogen and oxygen atoms in total. The van der Waals surface area contributed by atoms with Crippen LogP contribution in [0.5, 0.6) is 0 Å². The first-order chi connectivity index (χ1) is 10.8. The van der Waals surface area contributed by atoms with Crippen molar-refractivity contribution in [3.8, 4) is 0 Å². The van der Waals surface area contributed by atoms with Gasteiger partial charge in [0, 0.05) is 18.3 Å². The summed E-state index contributed by atoms with van der Waals surface area (Å²) in [6.07, 6.45) is -0.855. The van der Waals surface area contributed by atoms with Gasteiger partial charge in [-0.1, -0.05) is 45.4 Å². The fourth-order valence-electron chi connectivity index (χ4n) is 1.63. The lowest BCUT2D eigenvalue weighted by Crippen LogP contribution is -2.43. The zero-order chi connectivity index (χ0) is 19.1. The maximum Gasteiger partial charge on any atom is 0.464 e. The molecule has 0 aromatic heterocycles. The molecule has 0 fully saturated rings. The lowest BCUT2D eigenvalue weighted by Gasteiger charge is -2.24. The molecule has 1 N–H and O–H groups in total. The number of hydrogen-bond acceptors (Lipinski definition) is 3. The Hall–Kier alpha value is -0.230. The van der Waals surface area contributed by atoms with E-state index in [1.165, 1.54) is 4.72 Å². The van der Waals surface area contributed by atoms with Crippen LogP contribution in [0.1, 0.15) is 51.9 Å². The van der Waals surface area contributed by atoms with Crippen LogP contribution in [0.4, 0.5) is 30.7 Å². The molecule has 0 bridgehead atoms. The highest BCUT2D eigenvalue weighted by molar-refractivity contribution is 8.14. The van der Waals surface area contributed by atoms with Gasteiger partial charge in [-0.2, -0.15) is 30.7 Å². The van der Waals surface area contributed by atoms with Crippen molar-refractivity contribution in [1.29, 1.82) is 0 Å². The summed E-state index contributed by atoms with van der Waals surface area (Å²) in [7, 11) is -5.66. The van der Waals surface area contributed by atoms with Crippen LogP contribution < -0.4 is 4.72 Å². The zero-order valence-corrected chi connectivity index (χ0v) is 14.6. The summed E-state index contributed by atoms with van der Waals surface area (Å²) in [6, 6.07) is 0. The second-order valence-corrected chi connectivity index (χ2v) is 8.40. The van der Waals surface area contributed by atoms with E-state index < -0.39 is 44.3 Å². The van der Waals surface area contributed by atoms with Gasteiger partial charge in [-0.05, 0) is 6.42 Å². The highest BCUT2D eigenvalue weighted by atomic mass is 32.3. The molecule has 146 valence electrons. The van der Waals surface area contributed by atoms with Crippen molar-refractivity contribution in [2.45, 2.75) is 67.9 Å². The summed E-state index contributed by atoms with van der Waals surface area (Å²) in [4.78, 5) is 0. The Morgan fingerprint density at radius 2 is 1.29 bits per heavy atom. The average molecular weight is 407 g/mol. The molecule has 0 spiro atoms. The average Bonchev–Trinajstić information content (AvgIpc) is 2.39. The second kappa shape index (κ2) is 9.46. The topological polar surface area (TPSA) is 46.2 Å². The summed E-state index contributed by atoms with van der Waals surface area (Å²) in [6.45, 7) is 1.57. The van der Waals surface area contributed by atoms with Crippen LogP contribution in [-0.4, -0.2) is 31.0 Å². The van der Waals surface area contributed by atoms with Gasteiger partial charge in [0.15, 0.2) is 0 Å². The minimum Gasteiger partial charge on any atom is -0.209 e. The molecule has 12 heteroatoms. The van der Waals surface area contributed by atoms with Crippen LogP contribution in [0.15, 0.2) is 0 Å². The molecule has 0 saturated heterocycles. The predicted octanol–water partition coefficient (Wildman–Crippen LogP) is 5.10. The molecular weight excluding hydrogens is 387 g/mol. The molecule has 0 amide bonds. The molecule has 0 rings (SSSR count). The third-order valence-electron chi connectivity index (χ3n) is 2.96. The molecule has 0 aliphatic heterocycles. The molecule has 0 atom stereocenters. The van der Waals surface area contributed by atoms with Crippen molar-refractivity contribution < 1.29 is 39.2 Å². The summed E-state index contributed by atoms with van der Waals surface area (Å²) >= 11 is -2.25. The number of halogens is 7. The van der Waals surface area contributed by atoms with E-state index in [9.17, 15) is 39.2 Å². The fourth-order valence-corrected chi connectivity index (χ4v) is 3.56. The van der Waals surface area contributed by atoms with Gasteiger partial charge in [-0.3, -0.25) is 0 Å². The lowest BCUT2D eigenvalue weighted by molar-refractivity contribution is -0.238. The van der Waals surface area contributed by atoms with Gasteiger partial charge in [0.1, 0.15) is 0 Å². The minimum atomic E-state index is -6.28. The van der Waals surface area contributed by atoms with Crippen LogP contribution in [0, 0.1) is 0 Å². The SMILES string of the molecule is CCCCCCCCCNS(=O)(=O)C(F)(F)SC(F)(F)C(F)(F)F. The molecule has 0 aliphatic rings. The van der Waals surface area contributed by atoms with Gasteiger partial charge in [0.25, 0.3) is 10.0 Å². The normalized spacial score (nSPS) is 14.2. The first kappa shape index (κ1) is 23.8. The molecule has 0 aliphatic carbocycles. The van der Waals surface area contributed by atoms with Gasteiger partial charge >= 0.3 is 16.0 Å². The van der Waals surface area contributed by atoms with E-state index in [1.807, 2.05) is 6.92 Å². The Morgan fingerprint density at radius 1 is 0.833 bits per heavy atom. The molecule has 0 heterocycles. The number of hydrogen-bond donors (Lipinski definition) is 1. The quantitative estimate of drug-likeness (QED) is 0.362. The van der Waals surface area contributed by atoms with E-state index in [-0.39, 0.29) is 6.42 Å². The number of rotatable bonds is 12. The van der Waals surface area contributed by atoms with Gasteiger partial charge in [0.05, 0.1) is 0 Å². The molecule has 0 unspecified atom stereocenters. The summed E-state index contributed by atoms with van der Waals surface area (Å²) in [5.74, 6) is 0. The van der Waals surface area contributed by atoms with Crippen molar-refractivity contribution in [3.05, 3.63) is 0 Å². The van der Waals surface area contributed by atoms with Crippen LogP contribution in [0.2, 0.25) is 0 Å². The summed E-state index contributed by atoms with van der Waals surface area (Å²) in [5.41, 5.74) is 0. The van der Waals surface area contributed by atoms with E-state index in [0.29, 0.717) is 6.42 Å². The molecule has 24 heavy (non-hydrogen) atoms. The molecular formula is C12H20F7NO2S2. The summed E-state index contributed by atoms with van der Waals surface area (Å²) in [5, 5.41) is -5.88. The smallest absolute Gasteiger partial charge is 0.209 e. The van der Waals surface area contributed by atoms with Crippen LogP contribution in [0.25, 0.3) is 0 Å². The first-order valence-electron chi connectivity index (χ1n) is 7.28. The number of nitrogens with one attached hydrogen (secondary N) is 1. The van der Waals surface area contributed by atoms with Crippen molar-refractivity contribution in [2.75, 3.05) is 6.54 Å². The van der Waals surface area contributed by atoms with Crippen molar-refractivity contribution in [2.24, 2.45) is 0 Å². The number of thioether (sulfide) groups is 1. The number of alkyl halides is 7.